The Hall–Kier alpha value is -0.830. The van der Waals surface area contributed by atoms with Crippen LogP contribution in [-0.4, -0.2) is 21.5 Å². The molecule has 1 aromatic heterocycles. The molecule has 0 bridgehead atoms. The van der Waals surface area contributed by atoms with Crippen LogP contribution in [0.5, 0.6) is 0 Å². The highest BCUT2D eigenvalue weighted by Crippen LogP contribution is 2.18. The fourth-order valence-electron chi connectivity index (χ4n) is 2.13. The molecule has 1 heterocycles. The van der Waals surface area contributed by atoms with Crippen molar-refractivity contribution in [2.75, 3.05) is 6.61 Å². The topological polar surface area (TPSA) is 38.0 Å². The number of rotatable bonds is 7. The zero-order valence-electron chi connectivity index (χ0n) is 11.6. The molecular formula is C14H26N2O. The monoisotopic (exact) mass is 238 g/mol. The highest BCUT2D eigenvalue weighted by atomic mass is 16.3. The van der Waals surface area contributed by atoms with E-state index in [0.717, 1.165) is 25.0 Å². The summed E-state index contributed by atoms with van der Waals surface area (Å²) in [6, 6.07) is 2.60. The maximum Gasteiger partial charge on any atom is 0.0628 e. The molecule has 1 unspecified atom stereocenters. The largest absolute Gasteiger partial charge is 0.396 e. The van der Waals surface area contributed by atoms with Gasteiger partial charge in [0.25, 0.3) is 0 Å². The molecule has 0 radical (unpaired) electrons. The van der Waals surface area contributed by atoms with Crippen molar-refractivity contribution in [3.63, 3.8) is 0 Å². The fraction of sp³-hybridized carbons (Fsp3) is 0.786. The summed E-state index contributed by atoms with van der Waals surface area (Å²) in [4.78, 5) is 0. The van der Waals surface area contributed by atoms with E-state index in [0.29, 0.717) is 17.9 Å². The van der Waals surface area contributed by atoms with E-state index in [1.165, 1.54) is 0 Å². The zero-order chi connectivity index (χ0) is 12.8. The Balaban J connectivity index is 2.67. The first-order valence-electron chi connectivity index (χ1n) is 6.77. The Morgan fingerprint density at radius 1 is 1.29 bits per heavy atom. The van der Waals surface area contributed by atoms with Gasteiger partial charge in [0.15, 0.2) is 0 Å². The van der Waals surface area contributed by atoms with Crippen LogP contribution in [0.3, 0.4) is 0 Å². The maximum absolute atomic E-state index is 9.33. The van der Waals surface area contributed by atoms with Gasteiger partial charge in [-0.1, -0.05) is 27.7 Å². The number of aliphatic hydroxyl groups excluding tert-OH is 1. The molecule has 1 N–H and O–H groups in total. The highest BCUT2D eigenvalue weighted by Gasteiger charge is 2.15. The predicted molar refractivity (Wildman–Crippen MR) is 71.0 cm³/mol. The molecule has 1 rings (SSSR count). The smallest absolute Gasteiger partial charge is 0.0628 e. The van der Waals surface area contributed by atoms with E-state index in [4.69, 9.17) is 0 Å². The molecule has 0 aliphatic heterocycles. The van der Waals surface area contributed by atoms with Crippen molar-refractivity contribution in [2.45, 2.75) is 53.0 Å². The molecule has 0 amide bonds. The summed E-state index contributed by atoms with van der Waals surface area (Å²) < 4.78 is 2.07. The zero-order valence-corrected chi connectivity index (χ0v) is 11.6. The number of nitrogens with zero attached hydrogens (tertiary/aromatic N) is 2. The number of aromatic nitrogens is 2. The third-order valence-corrected chi connectivity index (χ3v) is 3.63. The lowest BCUT2D eigenvalue weighted by molar-refractivity contribution is 0.188. The molecule has 0 spiro atoms. The summed E-state index contributed by atoms with van der Waals surface area (Å²) in [5.41, 5.74) is 1.10. The number of hydrogen-bond acceptors (Lipinski definition) is 2. The van der Waals surface area contributed by atoms with Crippen LogP contribution < -0.4 is 0 Å². The van der Waals surface area contributed by atoms with E-state index in [1.807, 2.05) is 0 Å². The van der Waals surface area contributed by atoms with Crippen LogP contribution in [0.25, 0.3) is 0 Å². The second-order valence-corrected chi connectivity index (χ2v) is 5.15. The summed E-state index contributed by atoms with van der Waals surface area (Å²) in [7, 11) is 0. The summed E-state index contributed by atoms with van der Waals surface area (Å²) in [6.45, 7) is 8.94. The summed E-state index contributed by atoms with van der Waals surface area (Å²) >= 11 is 0. The predicted octanol–water partition coefficient (Wildman–Crippen LogP) is 3.05. The van der Waals surface area contributed by atoms with Crippen LogP contribution in [0.1, 0.15) is 52.3 Å². The van der Waals surface area contributed by atoms with Crippen LogP contribution in [0.4, 0.5) is 0 Å². The molecule has 0 aromatic carbocycles. The molecule has 1 atom stereocenters. The van der Waals surface area contributed by atoms with E-state index in [2.05, 4.69) is 49.7 Å². The van der Waals surface area contributed by atoms with E-state index in [-0.39, 0.29) is 6.61 Å². The van der Waals surface area contributed by atoms with Gasteiger partial charge in [-0.3, -0.25) is 4.68 Å². The minimum atomic E-state index is 0.246. The van der Waals surface area contributed by atoms with E-state index in [9.17, 15) is 5.11 Å². The van der Waals surface area contributed by atoms with Crippen LogP contribution in [0.15, 0.2) is 12.3 Å². The van der Waals surface area contributed by atoms with E-state index < -0.39 is 0 Å². The molecule has 3 nitrogen and oxygen atoms in total. The second kappa shape index (κ2) is 6.80. The van der Waals surface area contributed by atoms with E-state index >= 15 is 0 Å². The molecule has 0 saturated heterocycles. The van der Waals surface area contributed by atoms with Crippen LogP contribution in [0.2, 0.25) is 0 Å². The SMILES string of the molecule is CCC(CC)n1ccc(CC(CO)C(C)C)n1. The lowest BCUT2D eigenvalue weighted by Gasteiger charge is -2.17. The van der Waals surface area contributed by atoms with Gasteiger partial charge < -0.3 is 5.11 Å². The van der Waals surface area contributed by atoms with Crippen LogP contribution in [-0.2, 0) is 6.42 Å². The number of hydrogen-bond donors (Lipinski definition) is 1. The van der Waals surface area contributed by atoms with Gasteiger partial charge in [0.1, 0.15) is 0 Å². The molecule has 1 aromatic rings. The van der Waals surface area contributed by atoms with Gasteiger partial charge in [-0.15, -0.1) is 0 Å². The van der Waals surface area contributed by atoms with Crippen molar-refractivity contribution < 1.29 is 5.11 Å². The third kappa shape index (κ3) is 3.84. The molecule has 17 heavy (non-hydrogen) atoms. The van der Waals surface area contributed by atoms with Gasteiger partial charge in [0.2, 0.25) is 0 Å². The van der Waals surface area contributed by atoms with Crippen molar-refractivity contribution in [3.8, 4) is 0 Å². The summed E-state index contributed by atoms with van der Waals surface area (Å²) in [5, 5.41) is 14.0. The normalized spacial score (nSPS) is 13.6. The fourth-order valence-corrected chi connectivity index (χ4v) is 2.13. The first kappa shape index (κ1) is 14.2. The number of aliphatic hydroxyl groups is 1. The lowest BCUT2D eigenvalue weighted by Crippen LogP contribution is -2.17. The van der Waals surface area contributed by atoms with Gasteiger partial charge in [-0.2, -0.15) is 5.10 Å². The minimum absolute atomic E-state index is 0.246. The van der Waals surface area contributed by atoms with Crippen LogP contribution in [0, 0.1) is 11.8 Å². The highest BCUT2D eigenvalue weighted by molar-refractivity contribution is 5.01. The molecule has 3 heteroatoms. The van der Waals surface area contributed by atoms with E-state index in [1.54, 1.807) is 0 Å². The summed E-state index contributed by atoms with van der Waals surface area (Å²) in [5.74, 6) is 0.818. The van der Waals surface area contributed by atoms with Crippen molar-refractivity contribution in [1.29, 1.82) is 0 Å². The molecular weight excluding hydrogens is 212 g/mol. The van der Waals surface area contributed by atoms with Crippen LogP contribution >= 0.6 is 0 Å². The molecule has 0 fully saturated rings. The van der Waals surface area contributed by atoms with Gasteiger partial charge in [0, 0.05) is 12.8 Å². The Bertz CT molecular complexity index is 316. The van der Waals surface area contributed by atoms with Gasteiger partial charge in [0.05, 0.1) is 11.7 Å². The molecule has 0 saturated carbocycles. The van der Waals surface area contributed by atoms with Crippen molar-refractivity contribution in [2.24, 2.45) is 11.8 Å². The van der Waals surface area contributed by atoms with Crippen molar-refractivity contribution in [3.05, 3.63) is 18.0 Å². The van der Waals surface area contributed by atoms with Gasteiger partial charge >= 0.3 is 0 Å². The van der Waals surface area contributed by atoms with Gasteiger partial charge in [-0.25, -0.2) is 0 Å². The quantitative estimate of drug-likeness (QED) is 0.793. The Labute approximate surface area is 105 Å². The standard InChI is InChI=1S/C14H26N2O/c1-5-14(6-2)16-8-7-13(15-16)9-12(10-17)11(3)4/h7-8,11-12,14,17H,5-6,9-10H2,1-4H3. The summed E-state index contributed by atoms with van der Waals surface area (Å²) in [6.07, 6.45) is 5.18. The molecule has 0 aliphatic carbocycles. The maximum atomic E-state index is 9.33. The first-order valence-corrected chi connectivity index (χ1v) is 6.77. The van der Waals surface area contributed by atoms with Crippen molar-refractivity contribution in [1.82, 2.24) is 9.78 Å². The Morgan fingerprint density at radius 2 is 1.94 bits per heavy atom. The lowest BCUT2D eigenvalue weighted by atomic mass is 9.92. The second-order valence-electron chi connectivity index (χ2n) is 5.15. The molecule has 0 aliphatic rings. The first-order chi connectivity index (χ1) is 8.12. The third-order valence-electron chi connectivity index (χ3n) is 3.63. The Morgan fingerprint density at radius 3 is 2.41 bits per heavy atom. The van der Waals surface area contributed by atoms with Gasteiger partial charge in [-0.05, 0) is 37.2 Å². The molecule has 98 valence electrons. The van der Waals surface area contributed by atoms with Crippen molar-refractivity contribution >= 4 is 0 Å². The Kier molecular flexibility index (Phi) is 5.69. The minimum Gasteiger partial charge on any atom is -0.396 e. The average Bonchev–Trinajstić information content (AvgIpc) is 2.76. The average molecular weight is 238 g/mol.